The average molecular weight is 347 g/mol. The predicted octanol–water partition coefficient (Wildman–Crippen LogP) is 3.14. The second-order valence-corrected chi connectivity index (χ2v) is 7.61. The van der Waals surface area contributed by atoms with Gasteiger partial charge in [-0.05, 0) is 5.56 Å². The molecule has 2 aromatic rings. The molecule has 0 aliphatic heterocycles. The molecule has 1 aromatic heterocycles. The lowest BCUT2D eigenvalue weighted by Gasteiger charge is -2.22. The summed E-state index contributed by atoms with van der Waals surface area (Å²) in [5.41, 5.74) is 2.08. The van der Waals surface area contributed by atoms with Crippen LogP contribution in [0.25, 0.3) is 0 Å². The molecule has 0 saturated carbocycles. The second-order valence-electron chi connectivity index (χ2n) is 6.67. The van der Waals surface area contributed by atoms with Gasteiger partial charge in [0.15, 0.2) is 0 Å². The fraction of sp³-hybridized carbons (Fsp3) is 0.444. The van der Waals surface area contributed by atoms with E-state index < -0.39 is 0 Å². The number of hydrogen-bond acceptors (Lipinski definition) is 4. The number of nitrogens with one attached hydrogen (secondary N) is 1. The van der Waals surface area contributed by atoms with E-state index in [0.717, 1.165) is 16.3 Å². The number of amides is 2. The van der Waals surface area contributed by atoms with E-state index in [1.165, 1.54) is 0 Å². The number of hydrogen-bond donors (Lipinski definition) is 2. The third-order valence-corrected chi connectivity index (χ3v) is 4.43. The van der Waals surface area contributed by atoms with Crippen molar-refractivity contribution in [2.75, 3.05) is 13.2 Å². The summed E-state index contributed by atoms with van der Waals surface area (Å²) in [5.74, 6) is 0. The Bertz CT molecular complexity index is 650. The van der Waals surface area contributed by atoms with Gasteiger partial charge in [-0.3, -0.25) is 0 Å². The third kappa shape index (κ3) is 5.32. The van der Waals surface area contributed by atoms with Crippen molar-refractivity contribution in [1.29, 1.82) is 0 Å². The van der Waals surface area contributed by atoms with Crippen molar-refractivity contribution < 1.29 is 9.90 Å². The summed E-state index contributed by atoms with van der Waals surface area (Å²) in [7, 11) is 0. The van der Waals surface area contributed by atoms with Crippen LogP contribution >= 0.6 is 11.3 Å². The number of rotatable bonds is 6. The van der Waals surface area contributed by atoms with Crippen LogP contribution in [-0.4, -0.2) is 34.2 Å². The van der Waals surface area contributed by atoms with Crippen LogP contribution < -0.4 is 5.32 Å². The van der Waals surface area contributed by atoms with E-state index in [4.69, 9.17) is 0 Å². The minimum atomic E-state index is -0.194. The Balaban J connectivity index is 1.94. The van der Waals surface area contributed by atoms with Gasteiger partial charge >= 0.3 is 6.03 Å². The first-order valence-corrected chi connectivity index (χ1v) is 8.90. The van der Waals surface area contributed by atoms with E-state index >= 15 is 0 Å². The molecule has 0 radical (unpaired) electrons. The molecule has 5 nitrogen and oxygen atoms in total. The highest BCUT2D eigenvalue weighted by Gasteiger charge is 2.18. The van der Waals surface area contributed by atoms with Crippen LogP contribution in [0.2, 0.25) is 0 Å². The number of thiazole rings is 1. The van der Waals surface area contributed by atoms with Crippen LogP contribution in [0.3, 0.4) is 0 Å². The first-order chi connectivity index (χ1) is 11.4. The summed E-state index contributed by atoms with van der Waals surface area (Å²) in [6, 6.07) is 9.56. The summed E-state index contributed by atoms with van der Waals surface area (Å²) >= 11 is 1.55. The molecule has 2 rings (SSSR count). The van der Waals surface area contributed by atoms with Gasteiger partial charge in [0.25, 0.3) is 0 Å². The molecule has 6 heteroatoms. The molecule has 0 spiro atoms. The minimum absolute atomic E-state index is 0.00892. The largest absolute Gasteiger partial charge is 0.395 e. The van der Waals surface area contributed by atoms with Crippen molar-refractivity contribution >= 4 is 17.4 Å². The van der Waals surface area contributed by atoms with E-state index in [0.29, 0.717) is 19.6 Å². The number of aliphatic hydroxyl groups excluding tert-OH is 1. The van der Waals surface area contributed by atoms with Gasteiger partial charge in [0.2, 0.25) is 0 Å². The number of aromatic nitrogens is 1. The lowest BCUT2D eigenvalue weighted by Crippen LogP contribution is -2.40. The Morgan fingerprint density at radius 3 is 2.58 bits per heavy atom. The van der Waals surface area contributed by atoms with Gasteiger partial charge in [0.05, 0.1) is 18.8 Å². The van der Waals surface area contributed by atoms with E-state index in [1.807, 2.05) is 35.7 Å². The third-order valence-electron chi connectivity index (χ3n) is 3.58. The van der Waals surface area contributed by atoms with Gasteiger partial charge in [-0.15, -0.1) is 11.3 Å². The molecule has 2 amide bonds. The van der Waals surface area contributed by atoms with Crippen molar-refractivity contribution in [1.82, 2.24) is 15.2 Å². The molecule has 0 aliphatic carbocycles. The van der Waals surface area contributed by atoms with Gasteiger partial charge in [-0.2, -0.15) is 0 Å². The van der Waals surface area contributed by atoms with Crippen LogP contribution in [0.5, 0.6) is 0 Å². The summed E-state index contributed by atoms with van der Waals surface area (Å²) in [6.07, 6.45) is 0. The number of carbonyl (C=O) groups is 1. The van der Waals surface area contributed by atoms with Gasteiger partial charge < -0.3 is 15.3 Å². The van der Waals surface area contributed by atoms with Crippen LogP contribution in [0.15, 0.2) is 35.7 Å². The normalized spacial score (nSPS) is 11.3. The molecule has 2 N–H and O–H groups in total. The SMILES string of the molecule is CC(C)(C)c1csc(CNC(=O)N(CCO)Cc2ccccc2)n1. The summed E-state index contributed by atoms with van der Waals surface area (Å²) in [6.45, 7) is 7.46. The topological polar surface area (TPSA) is 65.5 Å². The van der Waals surface area contributed by atoms with E-state index in [2.05, 4.69) is 31.1 Å². The zero-order valence-electron chi connectivity index (χ0n) is 14.5. The van der Waals surface area contributed by atoms with Gasteiger partial charge in [-0.1, -0.05) is 51.1 Å². The van der Waals surface area contributed by atoms with Gasteiger partial charge in [-0.25, -0.2) is 9.78 Å². The number of urea groups is 1. The van der Waals surface area contributed by atoms with Crippen molar-refractivity contribution in [2.24, 2.45) is 0 Å². The Kier molecular flexibility index (Phi) is 6.34. The van der Waals surface area contributed by atoms with Crippen molar-refractivity contribution in [3.05, 3.63) is 52.0 Å². The predicted molar refractivity (Wildman–Crippen MR) is 97.0 cm³/mol. The van der Waals surface area contributed by atoms with Crippen molar-refractivity contribution in [2.45, 2.75) is 39.3 Å². The van der Waals surface area contributed by atoms with Gasteiger partial charge in [0, 0.05) is 23.9 Å². The maximum absolute atomic E-state index is 12.4. The fourth-order valence-electron chi connectivity index (χ4n) is 2.18. The van der Waals surface area contributed by atoms with Crippen LogP contribution in [-0.2, 0) is 18.5 Å². The van der Waals surface area contributed by atoms with Crippen molar-refractivity contribution in [3.8, 4) is 0 Å². The molecule has 1 heterocycles. The maximum atomic E-state index is 12.4. The summed E-state index contributed by atoms with van der Waals surface area (Å²) in [4.78, 5) is 18.6. The van der Waals surface area contributed by atoms with E-state index in [-0.39, 0.29) is 18.1 Å². The second kappa shape index (κ2) is 8.26. The molecule has 0 fully saturated rings. The highest BCUT2D eigenvalue weighted by atomic mass is 32.1. The number of benzene rings is 1. The highest BCUT2D eigenvalue weighted by Crippen LogP contribution is 2.23. The van der Waals surface area contributed by atoms with Crippen LogP contribution in [0, 0.1) is 0 Å². The number of aliphatic hydroxyl groups is 1. The van der Waals surface area contributed by atoms with Crippen LogP contribution in [0.4, 0.5) is 4.79 Å². The zero-order valence-corrected chi connectivity index (χ0v) is 15.3. The van der Waals surface area contributed by atoms with Crippen molar-refractivity contribution in [3.63, 3.8) is 0 Å². The fourth-order valence-corrected chi connectivity index (χ4v) is 3.14. The Morgan fingerprint density at radius 1 is 1.29 bits per heavy atom. The quantitative estimate of drug-likeness (QED) is 0.844. The Labute approximate surface area is 147 Å². The zero-order chi connectivity index (χ0) is 17.6. The lowest BCUT2D eigenvalue weighted by atomic mass is 9.93. The Morgan fingerprint density at radius 2 is 2.00 bits per heavy atom. The molecular weight excluding hydrogens is 322 g/mol. The van der Waals surface area contributed by atoms with E-state index in [1.54, 1.807) is 16.2 Å². The van der Waals surface area contributed by atoms with Crippen LogP contribution in [0.1, 0.15) is 37.0 Å². The first kappa shape index (κ1) is 18.4. The first-order valence-electron chi connectivity index (χ1n) is 8.02. The molecule has 130 valence electrons. The maximum Gasteiger partial charge on any atom is 0.318 e. The molecule has 0 aliphatic rings. The molecule has 1 aromatic carbocycles. The molecule has 0 saturated heterocycles. The molecule has 0 atom stereocenters. The molecule has 24 heavy (non-hydrogen) atoms. The monoisotopic (exact) mass is 347 g/mol. The van der Waals surface area contributed by atoms with Gasteiger partial charge in [0.1, 0.15) is 5.01 Å². The molecule has 0 unspecified atom stereocenters. The highest BCUT2D eigenvalue weighted by molar-refractivity contribution is 7.09. The average Bonchev–Trinajstić information content (AvgIpc) is 3.02. The minimum Gasteiger partial charge on any atom is -0.395 e. The summed E-state index contributed by atoms with van der Waals surface area (Å²) < 4.78 is 0. The molecule has 0 bridgehead atoms. The standard InChI is InChI=1S/C18H25N3O2S/c1-18(2,3)15-13-24-16(20-15)11-19-17(23)21(9-10-22)12-14-7-5-4-6-8-14/h4-8,13,22H,9-12H2,1-3H3,(H,19,23). The number of carbonyl (C=O) groups excluding carboxylic acids is 1. The smallest absolute Gasteiger partial charge is 0.318 e. The molecular formula is C18H25N3O2S. The number of nitrogens with zero attached hydrogens (tertiary/aromatic N) is 2. The summed E-state index contributed by atoms with van der Waals surface area (Å²) in [5, 5.41) is 15.0. The Hall–Kier alpha value is -1.92. The van der Waals surface area contributed by atoms with E-state index in [9.17, 15) is 9.90 Å². The lowest BCUT2D eigenvalue weighted by molar-refractivity contribution is 0.173.